The molecular formula is C19H23N3O3. The molecule has 0 unspecified atom stereocenters. The lowest BCUT2D eigenvalue weighted by atomic mass is 9.96. The Labute approximate surface area is 147 Å². The predicted octanol–water partition coefficient (Wildman–Crippen LogP) is 2.90. The lowest BCUT2D eigenvalue weighted by Crippen LogP contribution is -2.38. The number of hydrogen-bond donors (Lipinski definition) is 0. The van der Waals surface area contributed by atoms with Gasteiger partial charge in [-0.3, -0.25) is 4.79 Å². The topological polar surface area (TPSA) is 68.5 Å². The van der Waals surface area contributed by atoms with E-state index < -0.39 is 0 Å². The van der Waals surface area contributed by atoms with Crippen LogP contribution in [0.4, 0.5) is 0 Å². The molecule has 6 nitrogen and oxygen atoms in total. The van der Waals surface area contributed by atoms with Gasteiger partial charge in [0.1, 0.15) is 5.75 Å². The zero-order valence-corrected chi connectivity index (χ0v) is 14.5. The van der Waals surface area contributed by atoms with Crippen LogP contribution in [0.1, 0.15) is 54.9 Å². The monoisotopic (exact) mass is 341 g/mol. The van der Waals surface area contributed by atoms with Crippen molar-refractivity contribution in [3.8, 4) is 5.75 Å². The van der Waals surface area contributed by atoms with Crippen molar-refractivity contribution in [3.05, 3.63) is 41.6 Å². The summed E-state index contributed by atoms with van der Waals surface area (Å²) in [5.41, 5.74) is 1.01. The molecule has 6 heteroatoms. The zero-order valence-electron chi connectivity index (χ0n) is 14.5. The fraction of sp³-hybridized carbons (Fsp3) is 0.526. The van der Waals surface area contributed by atoms with Gasteiger partial charge in [0, 0.05) is 24.9 Å². The van der Waals surface area contributed by atoms with E-state index in [4.69, 9.17) is 9.15 Å². The Bertz CT molecular complexity index is 729. The number of hydrogen-bond acceptors (Lipinski definition) is 5. The standard InChI is InChI=1S/C19H23N3O3/c1-24-16-6-2-13(3-7-16)12-17(23)22-10-8-15(9-11-22)19-21-20-18(25-19)14-4-5-14/h2-3,6-7,14-15H,4-5,8-12H2,1H3. The SMILES string of the molecule is COc1ccc(CC(=O)N2CCC(c3nnc(C4CC4)o3)CC2)cc1. The second kappa shape index (κ2) is 6.86. The molecule has 1 aromatic carbocycles. The Morgan fingerprint density at radius 2 is 1.68 bits per heavy atom. The third kappa shape index (κ3) is 3.67. The molecule has 1 saturated carbocycles. The number of piperidine rings is 1. The summed E-state index contributed by atoms with van der Waals surface area (Å²) in [6.45, 7) is 1.50. The highest BCUT2D eigenvalue weighted by Gasteiger charge is 2.32. The van der Waals surface area contributed by atoms with E-state index in [0.717, 1.165) is 49.0 Å². The average molecular weight is 341 g/mol. The van der Waals surface area contributed by atoms with Crippen molar-refractivity contribution in [3.63, 3.8) is 0 Å². The molecule has 1 amide bonds. The lowest BCUT2D eigenvalue weighted by Gasteiger charge is -2.30. The first-order valence-corrected chi connectivity index (χ1v) is 8.97. The summed E-state index contributed by atoms with van der Waals surface area (Å²) in [4.78, 5) is 14.5. The molecule has 0 bridgehead atoms. The smallest absolute Gasteiger partial charge is 0.226 e. The number of likely N-dealkylation sites (tertiary alicyclic amines) is 1. The van der Waals surface area contributed by atoms with E-state index in [2.05, 4.69) is 10.2 Å². The van der Waals surface area contributed by atoms with Crippen molar-refractivity contribution in [2.75, 3.05) is 20.2 Å². The Morgan fingerprint density at radius 3 is 2.24 bits per heavy atom. The van der Waals surface area contributed by atoms with E-state index in [-0.39, 0.29) is 11.8 Å². The number of carbonyl (C=O) groups is 1. The third-order valence-electron chi connectivity index (χ3n) is 5.09. The molecule has 2 fully saturated rings. The summed E-state index contributed by atoms with van der Waals surface area (Å²) in [6.07, 6.45) is 4.54. The predicted molar refractivity (Wildman–Crippen MR) is 91.5 cm³/mol. The van der Waals surface area contributed by atoms with Gasteiger partial charge in [-0.1, -0.05) is 12.1 Å². The van der Waals surface area contributed by atoms with E-state index in [9.17, 15) is 4.79 Å². The minimum atomic E-state index is 0.174. The van der Waals surface area contributed by atoms with Crippen LogP contribution in [0.25, 0.3) is 0 Å². The molecule has 1 aliphatic heterocycles. The highest BCUT2D eigenvalue weighted by Crippen LogP contribution is 2.40. The highest BCUT2D eigenvalue weighted by molar-refractivity contribution is 5.78. The summed E-state index contributed by atoms with van der Waals surface area (Å²) >= 11 is 0. The quantitative estimate of drug-likeness (QED) is 0.836. The molecule has 25 heavy (non-hydrogen) atoms. The third-order valence-corrected chi connectivity index (χ3v) is 5.09. The molecule has 2 aliphatic rings. The van der Waals surface area contributed by atoms with Crippen molar-refractivity contribution in [1.29, 1.82) is 0 Å². The van der Waals surface area contributed by atoms with Crippen molar-refractivity contribution in [1.82, 2.24) is 15.1 Å². The van der Waals surface area contributed by atoms with Gasteiger partial charge in [0.05, 0.1) is 13.5 Å². The maximum atomic E-state index is 12.5. The lowest BCUT2D eigenvalue weighted by molar-refractivity contribution is -0.131. The first-order chi connectivity index (χ1) is 12.2. The largest absolute Gasteiger partial charge is 0.497 e. The molecule has 0 radical (unpaired) electrons. The molecule has 0 N–H and O–H groups in total. The first kappa shape index (κ1) is 16.1. The summed E-state index contributed by atoms with van der Waals surface area (Å²) < 4.78 is 11.0. The van der Waals surface area contributed by atoms with E-state index in [0.29, 0.717) is 12.3 Å². The van der Waals surface area contributed by atoms with Gasteiger partial charge in [-0.2, -0.15) is 0 Å². The molecule has 2 aromatic rings. The van der Waals surface area contributed by atoms with Crippen LogP contribution < -0.4 is 4.74 Å². The molecule has 2 heterocycles. The Hall–Kier alpha value is -2.37. The molecule has 1 aromatic heterocycles. The Balaban J connectivity index is 1.30. The summed E-state index contributed by atoms with van der Waals surface area (Å²) in [5.74, 6) is 3.31. The molecule has 0 atom stereocenters. The Kier molecular flexibility index (Phi) is 4.42. The number of rotatable bonds is 5. The van der Waals surface area contributed by atoms with Crippen LogP contribution in [-0.2, 0) is 11.2 Å². The van der Waals surface area contributed by atoms with Crippen LogP contribution in [0.3, 0.4) is 0 Å². The second-order valence-electron chi connectivity index (χ2n) is 6.93. The zero-order chi connectivity index (χ0) is 17.2. The second-order valence-corrected chi connectivity index (χ2v) is 6.93. The van der Waals surface area contributed by atoms with Crippen LogP contribution in [0.5, 0.6) is 5.75 Å². The normalized spacial score (nSPS) is 18.4. The van der Waals surface area contributed by atoms with Gasteiger partial charge in [0.2, 0.25) is 17.7 Å². The van der Waals surface area contributed by atoms with E-state index in [1.54, 1.807) is 7.11 Å². The minimum Gasteiger partial charge on any atom is -0.497 e. The molecule has 4 rings (SSSR count). The number of aromatic nitrogens is 2. The number of ether oxygens (including phenoxy) is 1. The fourth-order valence-corrected chi connectivity index (χ4v) is 3.31. The summed E-state index contributed by atoms with van der Waals surface area (Å²) in [7, 11) is 1.64. The minimum absolute atomic E-state index is 0.174. The van der Waals surface area contributed by atoms with E-state index in [1.807, 2.05) is 29.2 Å². The van der Waals surface area contributed by atoms with E-state index >= 15 is 0 Å². The van der Waals surface area contributed by atoms with Gasteiger partial charge in [-0.05, 0) is 43.4 Å². The van der Waals surface area contributed by atoms with Gasteiger partial charge in [-0.15, -0.1) is 10.2 Å². The number of methoxy groups -OCH3 is 1. The molecule has 0 spiro atoms. The molecule has 1 saturated heterocycles. The van der Waals surface area contributed by atoms with Crippen molar-refractivity contribution < 1.29 is 13.9 Å². The molecular weight excluding hydrogens is 318 g/mol. The van der Waals surface area contributed by atoms with Crippen LogP contribution in [-0.4, -0.2) is 41.2 Å². The van der Waals surface area contributed by atoms with Crippen LogP contribution >= 0.6 is 0 Å². The summed E-state index contributed by atoms with van der Waals surface area (Å²) in [5, 5.41) is 8.39. The van der Waals surface area contributed by atoms with Crippen molar-refractivity contribution >= 4 is 5.91 Å². The van der Waals surface area contributed by atoms with Crippen LogP contribution in [0.2, 0.25) is 0 Å². The van der Waals surface area contributed by atoms with Crippen LogP contribution in [0.15, 0.2) is 28.7 Å². The van der Waals surface area contributed by atoms with Crippen LogP contribution in [0, 0.1) is 0 Å². The molecule has 132 valence electrons. The molecule has 1 aliphatic carbocycles. The number of carbonyl (C=O) groups excluding carboxylic acids is 1. The fourth-order valence-electron chi connectivity index (χ4n) is 3.31. The number of nitrogens with zero attached hydrogens (tertiary/aromatic N) is 3. The van der Waals surface area contributed by atoms with Gasteiger partial charge >= 0.3 is 0 Å². The highest BCUT2D eigenvalue weighted by atomic mass is 16.5. The van der Waals surface area contributed by atoms with Gasteiger partial charge in [-0.25, -0.2) is 0 Å². The van der Waals surface area contributed by atoms with E-state index in [1.165, 1.54) is 12.8 Å². The van der Waals surface area contributed by atoms with Crippen molar-refractivity contribution in [2.45, 2.75) is 43.9 Å². The summed E-state index contributed by atoms with van der Waals surface area (Å²) in [6, 6.07) is 7.67. The van der Waals surface area contributed by atoms with Gasteiger partial charge in [0.25, 0.3) is 0 Å². The first-order valence-electron chi connectivity index (χ1n) is 8.97. The average Bonchev–Trinajstić information content (AvgIpc) is 3.39. The Morgan fingerprint density at radius 1 is 1.08 bits per heavy atom. The van der Waals surface area contributed by atoms with Gasteiger partial charge < -0.3 is 14.1 Å². The maximum absolute atomic E-state index is 12.5. The van der Waals surface area contributed by atoms with Crippen molar-refractivity contribution in [2.24, 2.45) is 0 Å². The number of amides is 1. The van der Waals surface area contributed by atoms with Gasteiger partial charge in [0.15, 0.2) is 0 Å². The maximum Gasteiger partial charge on any atom is 0.226 e. The number of benzene rings is 1.